The minimum Gasteiger partial charge on any atom is -0.463 e. The van der Waals surface area contributed by atoms with Gasteiger partial charge in [-0.25, -0.2) is 4.79 Å². The van der Waals surface area contributed by atoms with E-state index in [0.717, 1.165) is 0 Å². The summed E-state index contributed by atoms with van der Waals surface area (Å²) in [6.07, 6.45) is 0.774. The molecule has 0 heterocycles. The van der Waals surface area contributed by atoms with Gasteiger partial charge in [-0.3, -0.25) is 0 Å². The first-order chi connectivity index (χ1) is 5.52. The van der Waals surface area contributed by atoms with E-state index >= 15 is 0 Å². The highest BCUT2D eigenvalue weighted by Gasteiger charge is 2.28. The predicted octanol–water partition coefficient (Wildman–Crippen LogP) is 1.67. The maximum absolute atomic E-state index is 10.8. The molecule has 5 heteroatoms. The van der Waals surface area contributed by atoms with Crippen LogP contribution in [0.2, 0.25) is 13.1 Å². The highest BCUT2D eigenvalue weighted by molar-refractivity contribution is 6.65. The molecule has 0 radical (unpaired) electrons. The minimum atomic E-state index is -2.30. The van der Waals surface area contributed by atoms with E-state index in [1.165, 1.54) is 13.2 Å². The molecule has 0 unspecified atom stereocenters. The van der Waals surface area contributed by atoms with Crippen LogP contribution in [-0.4, -0.2) is 28.4 Å². The minimum absolute atomic E-state index is 0.160. The molecule has 0 aromatic heterocycles. The van der Waals surface area contributed by atoms with Crippen molar-refractivity contribution in [2.45, 2.75) is 13.1 Å². The summed E-state index contributed by atoms with van der Waals surface area (Å²) < 4.78 is 14.5. The molecule has 0 aromatic carbocycles. The van der Waals surface area contributed by atoms with Crippen LogP contribution in [0.3, 0.4) is 0 Å². The Morgan fingerprint density at radius 1 is 1.58 bits per heavy atom. The Morgan fingerprint density at radius 2 is 2.17 bits per heavy atom. The first kappa shape index (κ1) is 11.2. The van der Waals surface area contributed by atoms with Crippen molar-refractivity contribution in [1.82, 2.24) is 0 Å². The Morgan fingerprint density at radius 3 is 2.58 bits per heavy atom. The standard InChI is InChI=1S/C7H14O4Si/c1-5-6-10-7(8)11-12(3,4)9-2/h5H,1,6H2,2-4H3. The van der Waals surface area contributed by atoms with Crippen LogP contribution in [0.4, 0.5) is 4.79 Å². The number of carbonyl (C=O) groups excluding carboxylic acids is 1. The van der Waals surface area contributed by atoms with Crippen LogP contribution >= 0.6 is 0 Å². The summed E-state index contributed by atoms with van der Waals surface area (Å²) in [4.78, 5) is 10.8. The number of hydrogen-bond donors (Lipinski definition) is 0. The molecule has 0 saturated carbocycles. The summed E-state index contributed by atoms with van der Waals surface area (Å²) in [6, 6.07) is 0. The van der Waals surface area contributed by atoms with Crippen LogP contribution in [0.15, 0.2) is 12.7 Å². The van der Waals surface area contributed by atoms with Gasteiger partial charge in [0.15, 0.2) is 0 Å². The van der Waals surface area contributed by atoms with Gasteiger partial charge in [0.1, 0.15) is 6.61 Å². The lowest BCUT2D eigenvalue weighted by atomic mass is 10.7. The van der Waals surface area contributed by atoms with E-state index in [1.54, 1.807) is 13.1 Å². The van der Waals surface area contributed by atoms with Gasteiger partial charge in [-0.2, -0.15) is 0 Å². The first-order valence-corrected chi connectivity index (χ1v) is 6.35. The van der Waals surface area contributed by atoms with Crippen LogP contribution in [-0.2, 0) is 13.6 Å². The summed E-state index contributed by atoms with van der Waals surface area (Å²) in [5.74, 6) is 0. The fourth-order valence-electron chi connectivity index (χ4n) is 0.399. The van der Waals surface area contributed by atoms with Crippen LogP contribution in [0, 0.1) is 0 Å². The third kappa shape index (κ3) is 4.92. The maximum atomic E-state index is 10.8. The summed E-state index contributed by atoms with van der Waals surface area (Å²) in [5.41, 5.74) is 0. The third-order valence-corrected chi connectivity index (χ3v) is 2.78. The highest BCUT2D eigenvalue weighted by Crippen LogP contribution is 2.05. The second-order valence-electron chi connectivity index (χ2n) is 2.56. The van der Waals surface area contributed by atoms with Gasteiger partial charge in [-0.1, -0.05) is 12.7 Å². The van der Waals surface area contributed by atoms with Crippen LogP contribution in [0.1, 0.15) is 0 Å². The zero-order valence-corrected chi connectivity index (χ0v) is 8.62. The molecule has 0 amide bonds. The molecule has 0 bridgehead atoms. The van der Waals surface area contributed by atoms with E-state index in [0.29, 0.717) is 0 Å². The number of ether oxygens (including phenoxy) is 1. The Hall–Kier alpha value is -0.813. The van der Waals surface area contributed by atoms with Gasteiger partial charge in [0.25, 0.3) is 0 Å². The average Bonchev–Trinajstić information content (AvgIpc) is 2.00. The highest BCUT2D eigenvalue weighted by atomic mass is 28.4. The smallest absolute Gasteiger partial charge is 0.463 e. The van der Waals surface area contributed by atoms with Crippen molar-refractivity contribution in [2.75, 3.05) is 13.7 Å². The van der Waals surface area contributed by atoms with E-state index in [9.17, 15) is 4.79 Å². The second-order valence-corrected chi connectivity index (χ2v) is 5.97. The summed E-state index contributed by atoms with van der Waals surface area (Å²) >= 11 is 0. The lowest BCUT2D eigenvalue weighted by molar-refractivity contribution is 0.0950. The Bertz CT molecular complexity index is 167. The molecule has 0 fully saturated rings. The van der Waals surface area contributed by atoms with E-state index in [1.807, 2.05) is 0 Å². The molecular weight excluding hydrogens is 176 g/mol. The number of carbonyl (C=O) groups is 1. The predicted molar refractivity (Wildman–Crippen MR) is 47.1 cm³/mol. The van der Waals surface area contributed by atoms with E-state index in [4.69, 9.17) is 8.85 Å². The van der Waals surface area contributed by atoms with Gasteiger partial charge in [0, 0.05) is 7.11 Å². The topological polar surface area (TPSA) is 44.8 Å². The fourth-order valence-corrected chi connectivity index (χ4v) is 0.942. The molecule has 4 nitrogen and oxygen atoms in total. The largest absolute Gasteiger partial charge is 0.496 e. The van der Waals surface area contributed by atoms with Crippen molar-refractivity contribution in [3.8, 4) is 0 Å². The number of rotatable bonds is 4. The lowest BCUT2D eigenvalue weighted by Crippen LogP contribution is -2.36. The van der Waals surface area contributed by atoms with Crippen molar-refractivity contribution in [3.05, 3.63) is 12.7 Å². The molecule has 0 spiro atoms. The lowest BCUT2D eigenvalue weighted by Gasteiger charge is -2.18. The molecule has 0 saturated heterocycles. The van der Waals surface area contributed by atoms with Gasteiger partial charge in [-0.05, 0) is 13.1 Å². The van der Waals surface area contributed by atoms with E-state index < -0.39 is 14.7 Å². The fraction of sp³-hybridized carbons (Fsp3) is 0.571. The molecule has 0 aromatic rings. The Kier molecular flexibility index (Phi) is 4.61. The SMILES string of the molecule is C=CCOC(=O)O[Si](C)(C)OC. The van der Waals surface area contributed by atoms with Crippen LogP contribution < -0.4 is 0 Å². The third-order valence-electron chi connectivity index (χ3n) is 1.14. The van der Waals surface area contributed by atoms with Crippen LogP contribution in [0.25, 0.3) is 0 Å². The van der Waals surface area contributed by atoms with Gasteiger partial charge >= 0.3 is 14.7 Å². The Labute approximate surface area is 73.4 Å². The van der Waals surface area contributed by atoms with Crippen LogP contribution in [0.5, 0.6) is 0 Å². The zero-order chi connectivity index (χ0) is 9.61. The van der Waals surface area contributed by atoms with E-state index in [-0.39, 0.29) is 6.61 Å². The second kappa shape index (κ2) is 4.94. The molecule has 12 heavy (non-hydrogen) atoms. The number of hydrogen-bond acceptors (Lipinski definition) is 4. The quantitative estimate of drug-likeness (QED) is 0.384. The average molecular weight is 190 g/mol. The first-order valence-electron chi connectivity index (χ1n) is 3.53. The summed E-state index contributed by atoms with van der Waals surface area (Å²) in [5, 5.41) is 0. The molecule has 0 aliphatic rings. The zero-order valence-electron chi connectivity index (χ0n) is 7.62. The van der Waals surface area contributed by atoms with Gasteiger partial charge < -0.3 is 13.6 Å². The molecule has 0 aliphatic carbocycles. The maximum Gasteiger partial charge on any atom is 0.496 e. The van der Waals surface area contributed by atoms with Crippen molar-refractivity contribution in [1.29, 1.82) is 0 Å². The van der Waals surface area contributed by atoms with Gasteiger partial charge in [-0.15, -0.1) is 0 Å². The van der Waals surface area contributed by atoms with Crippen molar-refractivity contribution in [3.63, 3.8) is 0 Å². The molecular formula is C7H14O4Si. The van der Waals surface area contributed by atoms with Gasteiger partial charge in [0.05, 0.1) is 0 Å². The molecule has 0 N–H and O–H groups in total. The van der Waals surface area contributed by atoms with E-state index in [2.05, 4.69) is 11.3 Å². The Balaban J connectivity index is 3.75. The molecule has 0 aliphatic heterocycles. The monoisotopic (exact) mass is 190 g/mol. The molecule has 0 atom stereocenters. The summed E-state index contributed by atoms with van der Waals surface area (Å²) in [6.45, 7) is 7.06. The van der Waals surface area contributed by atoms with Gasteiger partial charge in [0.2, 0.25) is 0 Å². The van der Waals surface area contributed by atoms with Crippen molar-refractivity contribution in [2.24, 2.45) is 0 Å². The van der Waals surface area contributed by atoms with Crippen molar-refractivity contribution < 1.29 is 18.4 Å². The molecule has 0 rings (SSSR count). The normalized spacial score (nSPS) is 10.6. The molecule has 70 valence electrons. The van der Waals surface area contributed by atoms with Crippen molar-refractivity contribution >= 4 is 14.7 Å². The summed E-state index contributed by atoms with van der Waals surface area (Å²) in [7, 11) is -0.792.